The van der Waals surface area contributed by atoms with E-state index in [0.29, 0.717) is 12.0 Å². The molecule has 8 nitrogen and oxygen atoms in total. The van der Waals surface area contributed by atoms with Crippen molar-refractivity contribution in [2.75, 3.05) is 6.54 Å². The fraction of sp³-hybridized carbons (Fsp3) is 0.167. The monoisotopic (exact) mass is 436 g/mol. The molecule has 156 valence electrons. The summed E-state index contributed by atoms with van der Waals surface area (Å²) in [7, 11) is -3.94. The summed E-state index contributed by atoms with van der Waals surface area (Å²) >= 11 is 0. The first-order valence-electron chi connectivity index (χ1n) is 8.50. The molecule has 0 fully saturated rings. The normalized spacial score (nSPS) is 11.9. The second kappa shape index (κ2) is 8.19. The number of rotatable bonds is 6. The van der Waals surface area contributed by atoms with E-state index in [4.69, 9.17) is 10.7 Å². The van der Waals surface area contributed by atoms with Crippen LogP contribution in [0.3, 0.4) is 0 Å². The van der Waals surface area contributed by atoms with Crippen molar-refractivity contribution in [3.05, 3.63) is 76.3 Å². The molecule has 0 saturated heterocycles. The van der Waals surface area contributed by atoms with Gasteiger partial charge in [-0.05, 0) is 47.8 Å². The lowest BCUT2D eigenvalue weighted by molar-refractivity contribution is -0.141. The molecule has 0 spiro atoms. The Balaban J connectivity index is 2.04. The fourth-order valence-corrected chi connectivity index (χ4v) is 3.28. The van der Waals surface area contributed by atoms with Crippen LogP contribution in [0.2, 0.25) is 0 Å². The van der Waals surface area contributed by atoms with Gasteiger partial charge in [0.05, 0.1) is 16.3 Å². The Kier molecular flexibility index (Phi) is 5.83. The van der Waals surface area contributed by atoms with E-state index in [9.17, 15) is 21.6 Å². The largest absolute Gasteiger partial charge is 0.435 e. The van der Waals surface area contributed by atoms with Crippen LogP contribution in [0.4, 0.5) is 13.2 Å². The van der Waals surface area contributed by atoms with Crippen molar-refractivity contribution in [1.82, 2.24) is 9.78 Å². The van der Waals surface area contributed by atoms with E-state index in [1.807, 2.05) is 0 Å². The summed E-state index contributed by atoms with van der Waals surface area (Å²) in [5.41, 5.74) is 8.97. The molecule has 0 aliphatic carbocycles. The first kappa shape index (κ1) is 21.4. The lowest BCUT2D eigenvalue weighted by atomic mass is 10.1. The molecule has 1 heterocycles. The number of halogens is 3. The summed E-state index contributed by atoms with van der Waals surface area (Å²) in [5, 5.41) is 12.2. The molecule has 30 heavy (non-hydrogen) atoms. The highest BCUT2D eigenvalue weighted by Crippen LogP contribution is 2.33. The fourth-order valence-electron chi connectivity index (χ4n) is 2.77. The molecule has 0 bridgehead atoms. The average Bonchev–Trinajstić information content (AvgIpc) is 3.14. The van der Waals surface area contributed by atoms with Gasteiger partial charge in [-0.15, -0.1) is 0 Å². The summed E-state index contributed by atoms with van der Waals surface area (Å²) in [4.78, 5) is 2.50. The van der Waals surface area contributed by atoms with Gasteiger partial charge in [0.1, 0.15) is 0 Å². The predicted octanol–water partition coefficient (Wildman–Crippen LogP) is 4.06. The minimum Gasteiger partial charge on any atom is -0.233 e. The van der Waals surface area contributed by atoms with Gasteiger partial charge < -0.3 is 0 Å². The van der Waals surface area contributed by atoms with Crippen LogP contribution in [0.25, 0.3) is 27.4 Å². The SMILES string of the molecule is [N-]=[N+]=NCCc1ccc(-c2cc(C(F)(F)F)nn2-c2ccc(S(N)(=O)=O)cc2)cc1. The average molecular weight is 436 g/mol. The van der Waals surface area contributed by atoms with E-state index in [0.717, 1.165) is 16.3 Å². The first-order chi connectivity index (χ1) is 14.1. The third kappa shape index (κ3) is 4.79. The van der Waals surface area contributed by atoms with Gasteiger partial charge in [-0.2, -0.15) is 18.3 Å². The first-order valence-corrected chi connectivity index (χ1v) is 10.0. The molecule has 0 unspecified atom stereocenters. The van der Waals surface area contributed by atoms with Gasteiger partial charge in [0.25, 0.3) is 0 Å². The van der Waals surface area contributed by atoms with Crippen molar-refractivity contribution in [2.24, 2.45) is 10.3 Å². The van der Waals surface area contributed by atoms with E-state index in [1.54, 1.807) is 24.3 Å². The number of hydrogen-bond donors (Lipinski definition) is 1. The van der Waals surface area contributed by atoms with Crippen LogP contribution in [0, 0.1) is 0 Å². The van der Waals surface area contributed by atoms with Gasteiger partial charge in [-0.1, -0.05) is 29.4 Å². The maximum atomic E-state index is 13.3. The maximum absolute atomic E-state index is 13.3. The van der Waals surface area contributed by atoms with Crippen molar-refractivity contribution >= 4 is 10.0 Å². The lowest BCUT2D eigenvalue weighted by Crippen LogP contribution is -2.12. The highest BCUT2D eigenvalue weighted by Gasteiger charge is 2.35. The van der Waals surface area contributed by atoms with Crippen LogP contribution in [-0.2, 0) is 22.6 Å². The number of alkyl halides is 3. The Morgan fingerprint density at radius 2 is 1.73 bits per heavy atom. The van der Waals surface area contributed by atoms with Gasteiger partial charge in [-0.25, -0.2) is 18.2 Å². The van der Waals surface area contributed by atoms with Crippen molar-refractivity contribution in [2.45, 2.75) is 17.5 Å². The molecular formula is C18H15F3N6O2S. The smallest absolute Gasteiger partial charge is 0.233 e. The van der Waals surface area contributed by atoms with Gasteiger partial charge in [0.2, 0.25) is 10.0 Å². The number of benzene rings is 2. The molecule has 0 amide bonds. The van der Waals surface area contributed by atoms with Crippen LogP contribution in [0.5, 0.6) is 0 Å². The number of sulfonamides is 1. The third-order valence-electron chi connectivity index (χ3n) is 4.22. The highest BCUT2D eigenvalue weighted by atomic mass is 32.2. The van der Waals surface area contributed by atoms with Gasteiger partial charge in [0.15, 0.2) is 5.69 Å². The zero-order valence-corrected chi connectivity index (χ0v) is 16.1. The topological polar surface area (TPSA) is 127 Å². The van der Waals surface area contributed by atoms with Crippen molar-refractivity contribution in [3.63, 3.8) is 0 Å². The van der Waals surface area contributed by atoms with Crippen LogP contribution in [-0.4, -0.2) is 24.7 Å². The van der Waals surface area contributed by atoms with Gasteiger partial charge >= 0.3 is 6.18 Å². The van der Waals surface area contributed by atoms with Crippen molar-refractivity contribution in [3.8, 4) is 16.9 Å². The molecule has 2 N–H and O–H groups in total. The minimum absolute atomic E-state index is 0.166. The Bertz CT molecular complexity index is 1200. The summed E-state index contributed by atoms with van der Waals surface area (Å²) in [5.74, 6) is 0. The Morgan fingerprint density at radius 1 is 1.10 bits per heavy atom. The summed E-state index contributed by atoms with van der Waals surface area (Å²) in [6.45, 7) is 0.266. The van der Waals surface area contributed by atoms with E-state index in [-0.39, 0.29) is 22.8 Å². The second-order valence-corrected chi connectivity index (χ2v) is 7.83. The second-order valence-electron chi connectivity index (χ2n) is 6.26. The molecule has 12 heteroatoms. The van der Waals surface area contributed by atoms with Crippen molar-refractivity contribution < 1.29 is 21.6 Å². The maximum Gasteiger partial charge on any atom is 0.435 e. The zero-order chi connectivity index (χ0) is 21.9. The van der Waals surface area contributed by atoms with E-state index >= 15 is 0 Å². The predicted molar refractivity (Wildman–Crippen MR) is 103 cm³/mol. The molecule has 0 atom stereocenters. The summed E-state index contributed by atoms with van der Waals surface area (Å²) in [6.07, 6.45) is -4.16. The molecule has 0 aliphatic heterocycles. The van der Waals surface area contributed by atoms with E-state index in [1.165, 1.54) is 24.3 Å². The third-order valence-corrected chi connectivity index (χ3v) is 5.15. The van der Waals surface area contributed by atoms with Gasteiger partial charge in [0, 0.05) is 17.0 Å². The molecule has 3 rings (SSSR count). The zero-order valence-electron chi connectivity index (χ0n) is 15.3. The number of nitrogens with zero attached hydrogens (tertiary/aromatic N) is 5. The lowest BCUT2D eigenvalue weighted by Gasteiger charge is -2.09. The summed E-state index contributed by atoms with van der Waals surface area (Å²) < 4.78 is 63.7. The van der Waals surface area contributed by atoms with Crippen molar-refractivity contribution in [1.29, 1.82) is 0 Å². The highest BCUT2D eigenvalue weighted by molar-refractivity contribution is 7.89. The van der Waals surface area contributed by atoms with Crippen LogP contribution < -0.4 is 5.14 Å². The number of hydrogen-bond acceptors (Lipinski definition) is 4. The van der Waals surface area contributed by atoms with Gasteiger partial charge in [-0.3, -0.25) is 0 Å². The van der Waals surface area contributed by atoms with E-state index < -0.39 is 21.9 Å². The minimum atomic E-state index is -4.66. The Labute approximate surface area is 169 Å². The molecular weight excluding hydrogens is 421 g/mol. The molecule has 0 aliphatic rings. The van der Waals surface area contributed by atoms with Crippen LogP contribution in [0.1, 0.15) is 11.3 Å². The molecule has 1 aromatic heterocycles. The Morgan fingerprint density at radius 3 is 2.27 bits per heavy atom. The summed E-state index contributed by atoms with van der Waals surface area (Å²) in [6, 6.07) is 12.7. The molecule has 0 saturated carbocycles. The number of nitrogens with two attached hydrogens (primary N) is 1. The van der Waals surface area contributed by atoms with Crippen LogP contribution in [0.15, 0.2) is 64.6 Å². The number of primary sulfonamides is 1. The Hall–Kier alpha value is -3.34. The number of azide groups is 1. The molecule has 2 aromatic carbocycles. The molecule has 3 aromatic rings. The van der Waals surface area contributed by atoms with Crippen LogP contribution >= 0.6 is 0 Å². The molecule has 0 radical (unpaired) electrons. The number of aromatic nitrogens is 2. The standard InChI is InChI=1S/C18H15F3N6O2S/c19-18(20,21)17-11-16(13-3-1-12(2-4-13)9-10-24-26-22)27(25-17)14-5-7-15(8-6-14)30(23,28)29/h1-8,11H,9-10H2,(H2,23,28,29). The van der Waals surface area contributed by atoms with E-state index in [2.05, 4.69) is 15.1 Å². The quantitative estimate of drug-likeness (QED) is 0.356.